The Morgan fingerprint density at radius 2 is 2.11 bits per heavy atom. The third-order valence-corrected chi connectivity index (χ3v) is 2.65. The van der Waals surface area contributed by atoms with Crippen LogP contribution < -0.4 is 5.73 Å². The van der Waals surface area contributed by atoms with E-state index in [4.69, 9.17) is 5.73 Å². The Hall–Kier alpha value is -2.12. The quantitative estimate of drug-likeness (QED) is 0.879. The van der Waals surface area contributed by atoms with Crippen LogP contribution in [0.25, 0.3) is 5.57 Å². The zero-order valence-corrected chi connectivity index (χ0v) is 9.81. The maximum absolute atomic E-state index is 12.2. The first-order chi connectivity index (χ1) is 8.85. The number of anilines is 1. The zero-order valence-electron chi connectivity index (χ0n) is 9.81. The zero-order chi connectivity index (χ0) is 14.0. The van der Waals surface area contributed by atoms with Crippen LogP contribution >= 0.6 is 0 Å². The van der Waals surface area contributed by atoms with E-state index in [2.05, 4.69) is 9.97 Å². The van der Waals surface area contributed by atoms with Gasteiger partial charge >= 0.3 is 6.18 Å². The van der Waals surface area contributed by atoms with Gasteiger partial charge in [0.2, 0.25) is 5.91 Å². The van der Waals surface area contributed by atoms with Crippen LogP contribution in [0.5, 0.6) is 0 Å². The van der Waals surface area contributed by atoms with Gasteiger partial charge in [-0.2, -0.15) is 13.2 Å². The molecule has 19 heavy (non-hydrogen) atoms. The van der Waals surface area contributed by atoms with Crippen LogP contribution in [-0.2, 0) is 4.79 Å². The van der Waals surface area contributed by atoms with E-state index >= 15 is 0 Å². The van der Waals surface area contributed by atoms with Gasteiger partial charge in [0.05, 0.1) is 5.69 Å². The molecule has 5 nitrogen and oxygen atoms in total. The normalized spacial score (nSPS) is 16.5. The Labute approximate surface area is 106 Å². The number of aromatic nitrogens is 2. The van der Waals surface area contributed by atoms with E-state index in [9.17, 15) is 18.0 Å². The molecule has 0 fully saturated rings. The van der Waals surface area contributed by atoms with E-state index in [1.165, 1.54) is 12.4 Å². The highest BCUT2D eigenvalue weighted by Crippen LogP contribution is 2.24. The van der Waals surface area contributed by atoms with Crippen LogP contribution in [0.3, 0.4) is 0 Å². The highest BCUT2D eigenvalue weighted by atomic mass is 19.4. The number of amides is 1. The summed E-state index contributed by atoms with van der Waals surface area (Å²) in [5.41, 5.74) is 6.52. The van der Waals surface area contributed by atoms with Crippen molar-refractivity contribution in [1.29, 1.82) is 0 Å². The van der Waals surface area contributed by atoms with Crippen molar-refractivity contribution in [2.45, 2.75) is 12.6 Å². The van der Waals surface area contributed by atoms with E-state index in [-0.39, 0.29) is 12.4 Å². The van der Waals surface area contributed by atoms with Crippen molar-refractivity contribution >= 4 is 17.3 Å². The van der Waals surface area contributed by atoms with Crippen LogP contribution in [0.15, 0.2) is 18.5 Å². The lowest BCUT2D eigenvalue weighted by atomic mass is 10.0. The highest BCUT2D eigenvalue weighted by molar-refractivity contribution is 5.96. The van der Waals surface area contributed by atoms with Crippen LogP contribution in [0.1, 0.15) is 12.1 Å². The van der Waals surface area contributed by atoms with Gasteiger partial charge in [0, 0.05) is 18.7 Å². The van der Waals surface area contributed by atoms with Crippen molar-refractivity contribution in [2.75, 3.05) is 18.8 Å². The summed E-state index contributed by atoms with van der Waals surface area (Å²) in [4.78, 5) is 20.0. The molecule has 0 spiro atoms. The number of rotatable bonds is 2. The molecule has 1 amide bonds. The van der Waals surface area contributed by atoms with Crippen molar-refractivity contribution in [3.05, 3.63) is 24.2 Å². The summed E-state index contributed by atoms with van der Waals surface area (Å²) in [5, 5.41) is 0. The Morgan fingerprint density at radius 3 is 2.68 bits per heavy atom. The molecule has 1 aliphatic rings. The molecule has 102 valence electrons. The first-order valence-electron chi connectivity index (χ1n) is 5.49. The van der Waals surface area contributed by atoms with Crippen LogP contribution in [0.4, 0.5) is 19.0 Å². The summed E-state index contributed by atoms with van der Waals surface area (Å²) < 4.78 is 36.7. The van der Waals surface area contributed by atoms with Gasteiger partial charge in [0.1, 0.15) is 18.7 Å². The Morgan fingerprint density at radius 1 is 1.37 bits per heavy atom. The summed E-state index contributed by atoms with van der Waals surface area (Å²) in [6.45, 7) is -1.23. The molecule has 0 atom stereocenters. The molecule has 0 radical (unpaired) electrons. The predicted molar refractivity (Wildman–Crippen MR) is 61.7 cm³/mol. The number of nitrogens with zero attached hydrogens (tertiary/aromatic N) is 3. The lowest BCUT2D eigenvalue weighted by Crippen LogP contribution is -2.40. The summed E-state index contributed by atoms with van der Waals surface area (Å²) in [6, 6.07) is 1.48. The average Bonchev–Trinajstić information content (AvgIpc) is 2.30. The van der Waals surface area contributed by atoms with Crippen molar-refractivity contribution < 1.29 is 18.0 Å². The number of carbonyl (C=O) groups is 1. The highest BCUT2D eigenvalue weighted by Gasteiger charge is 2.33. The molecule has 0 saturated carbocycles. The number of nitrogen functional groups attached to an aromatic ring is 1. The molecule has 0 unspecified atom stereocenters. The number of carbonyl (C=O) groups excluding carboxylic acids is 1. The third kappa shape index (κ3) is 3.43. The van der Waals surface area contributed by atoms with Gasteiger partial charge in [-0.15, -0.1) is 0 Å². The Balaban J connectivity index is 2.16. The Kier molecular flexibility index (Phi) is 3.41. The summed E-state index contributed by atoms with van der Waals surface area (Å²) in [6.07, 6.45) is -1.67. The van der Waals surface area contributed by atoms with E-state index in [0.717, 1.165) is 11.0 Å². The topological polar surface area (TPSA) is 72.1 Å². The molecule has 0 aromatic carbocycles. The SMILES string of the molecule is Nc1cc(C2=CC(=O)N(CC(F)(F)F)CC2)ncn1. The second-order valence-corrected chi connectivity index (χ2v) is 4.12. The van der Waals surface area contributed by atoms with Crippen molar-refractivity contribution in [2.24, 2.45) is 0 Å². The Bertz CT molecular complexity index is 527. The number of hydrogen-bond donors (Lipinski definition) is 1. The molecular formula is C11H11F3N4O. The van der Waals surface area contributed by atoms with Gasteiger partial charge in [-0.25, -0.2) is 9.97 Å². The lowest BCUT2D eigenvalue weighted by molar-refractivity contribution is -0.158. The minimum atomic E-state index is -4.39. The van der Waals surface area contributed by atoms with Crippen LogP contribution in [0, 0.1) is 0 Å². The number of hydrogen-bond acceptors (Lipinski definition) is 4. The molecule has 8 heteroatoms. The maximum Gasteiger partial charge on any atom is 0.406 e. The van der Waals surface area contributed by atoms with E-state index in [1.807, 2.05) is 0 Å². The summed E-state index contributed by atoms with van der Waals surface area (Å²) >= 11 is 0. The molecule has 2 rings (SSSR count). The number of alkyl halides is 3. The second kappa shape index (κ2) is 4.87. The van der Waals surface area contributed by atoms with Gasteiger partial charge in [-0.1, -0.05) is 0 Å². The van der Waals surface area contributed by atoms with Crippen molar-refractivity contribution in [3.63, 3.8) is 0 Å². The molecule has 2 N–H and O–H groups in total. The smallest absolute Gasteiger partial charge is 0.384 e. The first-order valence-corrected chi connectivity index (χ1v) is 5.49. The molecule has 0 saturated heterocycles. The minimum absolute atomic E-state index is 0.00802. The fraction of sp³-hybridized carbons (Fsp3) is 0.364. The van der Waals surface area contributed by atoms with Gasteiger partial charge < -0.3 is 10.6 Å². The van der Waals surface area contributed by atoms with E-state index in [0.29, 0.717) is 17.7 Å². The largest absolute Gasteiger partial charge is 0.406 e. The second-order valence-electron chi connectivity index (χ2n) is 4.12. The first kappa shape index (κ1) is 13.3. The van der Waals surface area contributed by atoms with E-state index in [1.54, 1.807) is 0 Å². The summed E-state index contributed by atoms with van der Waals surface area (Å²) in [7, 11) is 0. The average molecular weight is 272 g/mol. The van der Waals surface area contributed by atoms with Gasteiger partial charge in [-0.05, 0) is 12.0 Å². The lowest BCUT2D eigenvalue weighted by Gasteiger charge is -2.27. The third-order valence-electron chi connectivity index (χ3n) is 2.65. The minimum Gasteiger partial charge on any atom is -0.384 e. The molecule has 0 bridgehead atoms. The van der Waals surface area contributed by atoms with Crippen molar-refractivity contribution in [1.82, 2.24) is 14.9 Å². The van der Waals surface area contributed by atoms with Crippen LogP contribution in [0.2, 0.25) is 0 Å². The molecule has 1 aliphatic heterocycles. The maximum atomic E-state index is 12.2. The molecule has 1 aromatic rings. The van der Waals surface area contributed by atoms with Crippen molar-refractivity contribution in [3.8, 4) is 0 Å². The van der Waals surface area contributed by atoms with Gasteiger partial charge in [0.15, 0.2) is 0 Å². The van der Waals surface area contributed by atoms with E-state index < -0.39 is 18.6 Å². The molecule has 0 aliphatic carbocycles. The fourth-order valence-corrected chi connectivity index (χ4v) is 1.80. The monoisotopic (exact) mass is 272 g/mol. The molecular weight excluding hydrogens is 261 g/mol. The van der Waals surface area contributed by atoms with Gasteiger partial charge in [0.25, 0.3) is 0 Å². The standard InChI is InChI=1S/C11H11F3N4O/c12-11(13,14)5-18-2-1-7(3-10(18)19)8-4-9(15)17-6-16-8/h3-4,6H,1-2,5H2,(H2,15,16,17). The summed E-state index contributed by atoms with van der Waals surface area (Å²) in [5.74, 6) is -0.424. The molecule has 2 heterocycles. The fourth-order valence-electron chi connectivity index (χ4n) is 1.80. The van der Waals surface area contributed by atoms with Crippen LogP contribution in [-0.4, -0.2) is 40.0 Å². The number of halogens is 3. The molecule has 1 aromatic heterocycles. The number of nitrogens with two attached hydrogens (primary N) is 1. The van der Waals surface area contributed by atoms with Gasteiger partial charge in [-0.3, -0.25) is 4.79 Å². The predicted octanol–water partition coefficient (Wildman–Crippen LogP) is 1.24.